The zero-order valence-electron chi connectivity index (χ0n) is 12.9. The summed E-state index contributed by atoms with van der Waals surface area (Å²) < 4.78 is 13.6. The van der Waals surface area contributed by atoms with Crippen LogP contribution < -0.4 is 0 Å². The summed E-state index contributed by atoms with van der Waals surface area (Å²) in [5.41, 5.74) is 4.23. The number of rotatable bonds is 2. The molecule has 1 aromatic heterocycles. The molecule has 0 atom stereocenters. The average Bonchev–Trinajstić information content (AvgIpc) is 2.49. The molecule has 2 aromatic carbocycles. The summed E-state index contributed by atoms with van der Waals surface area (Å²) in [6.07, 6.45) is 1.81. The second-order valence-corrected chi connectivity index (χ2v) is 5.88. The van der Waals surface area contributed by atoms with Crippen molar-refractivity contribution in [3.8, 4) is 16.9 Å². The van der Waals surface area contributed by atoms with Gasteiger partial charge >= 0.3 is 0 Å². The van der Waals surface area contributed by atoms with Crippen LogP contribution in [-0.2, 0) is 0 Å². The monoisotopic (exact) mass is 295 g/mol. The van der Waals surface area contributed by atoms with Crippen LogP contribution in [0, 0.1) is 12.7 Å². The number of halogens is 1. The molecule has 0 radical (unpaired) electrons. The minimum atomic E-state index is -0.212. The second kappa shape index (κ2) is 5.41. The molecule has 2 nitrogen and oxygen atoms in total. The quantitative estimate of drug-likeness (QED) is 0.706. The van der Waals surface area contributed by atoms with E-state index in [0.717, 1.165) is 22.1 Å². The van der Waals surface area contributed by atoms with Crippen molar-refractivity contribution in [2.45, 2.75) is 26.7 Å². The van der Waals surface area contributed by atoms with Crippen LogP contribution in [0.3, 0.4) is 0 Å². The lowest BCUT2D eigenvalue weighted by atomic mass is 9.90. The normalized spacial score (nSPS) is 11.3. The molecular weight excluding hydrogens is 277 g/mol. The zero-order chi connectivity index (χ0) is 15.9. The van der Waals surface area contributed by atoms with E-state index >= 15 is 0 Å². The third kappa shape index (κ3) is 2.33. The first-order valence-corrected chi connectivity index (χ1v) is 7.36. The number of para-hydroxylation sites is 1. The number of aromatic nitrogens is 1. The van der Waals surface area contributed by atoms with Gasteiger partial charge < -0.3 is 5.11 Å². The van der Waals surface area contributed by atoms with Crippen LogP contribution in [0.2, 0.25) is 0 Å². The van der Waals surface area contributed by atoms with Gasteiger partial charge in [-0.25, -0.2) is 4.39 Å². The van der Waals surface area contributed by atoms with Gasteiger partial charge in [0.25, 0.3) is 0 Å². The van der Waals surface area contributed by atoms with Crippen molar-refractivity contribution in [3.05, 3.63) is 59.5 Å². The van der Waals surface area contributed by atoms with Gasteiger partial charge in [-0.05, 0) is 53.3 Å². The summed E-state index contributed by atoms with van der Waals surface area (Å²) >= 11 is 0. The van der Waals surface area contributed by atoms with Crippen LogP contribution in [0.5, 0.6) is 5.75 Å². The van der Waals surface area contributed by atoms with E-state index < -0.39 is 0 Å². The smallest absolute Gasteiger partial charge is 0.141 e. The minimum Gasteiger partial charge on any atom is -0.506 e. The summed E-state index contributed by atoms with van der Waals surface area (Å²) in [6, 6.07) is 10.5. The van der Waals surface area contributed by atoms with E-state index in [1.807, 2.05) is 18.2 Å². The molecule has 3 heteroatoms. The van der Waals surface area contributed by atoms with Gasteiger partial charge in [-0.3, -0.25) is 4.98 Å². The molecule has 22 heavy (non-hydrogen) atoms. The number of nitrogens with zero attached hydrogens (tertiary/aromatic N) is 1. The number of hydrogen-bond donors (Lipinski definition) is 1. The first kappa shape index (κ1) is 14.5. The predicted octanol–water partition coefficient (Wildman–Crippen LogP) is 5.18. The molecule has 3 rings (SSSR count). The SMILES string of the molecule is Cc1cc(-c2c(C(C)C)cnc3c(O)cccc23)ccc1F. The fourth-order valence-corrected chi connectivity index (χ4v) is 2.78. The topological polar surface area (TPSA) is 33.1 Å². The maximum Gasteiger partial charge on any atom is 0.141 e. The number of aromatic hydroxyl groups is 1. The molecule has 1 N–H and O–H groups in total. The number of pyridine rings is 1. The predicted molar refractivity (Wildman–Crippen MR) is 87.6 cm³/mol. The minimum absolute atomic E-state index is 0.160. The molecule has 0 saturated heterocycles. The van der Waals surface area contributed by atoms with Crippen LogP contribution in [0.25, 0.3) is 22.0 Å². The highest BCUT2D eigenvalue weighted by Crippen LogP contribution is 2.37. The Balaban J connectivity index is 2.40. The molecule has 0 aliphatic heterocycles. The van der Waals surface area contributed by atoms with Crippen LogP contribution in [0.15, 0.2) is 42.6 Å². The Morgan fingerprint density at radius 2 is 1.91 bits per heavy atom. The van der Waals surface area contributed by atoms with Gasteiger partial charge in [0.1, 0.15) is 17.1 Å². The van der Waals surface area contributed by atoms with Gasteiger partial charge in [0, 0.05) is 11.6 Å². The van der Waals surface area contributed by atoms with Crippen LogP contribution in [-0.4, -0.2) is 10.1 Å². The molecule has 112 valence electrons. The molecule has 0 aliphatic carbocycles. The number of fused-ring (bicyclic) bond motifs is 1. The molecule has 0 spiro atoms. The van der Waals surface area contributed by atoms with E-state index in [0.29, 0.717) is 11.1 Å². The summed E-state index contributed by atoms with van der Waals surface area (Å²) in [6.45, 7) is 5.96. The van der Waals surface area contributed by atoms with Gasteiger partial charge in [0.15, 0.2) is 0 Å². The van der Waals surface area contributed by atoms with Gasteiger partial charge in [-0.2, -0.15) is 0 Å². The summed E-state index contributed by atoms with van der Waals surface area (Å²) in [5.74, 6) is 0.226. The number of phenols is 1. The second-order valence-electron chi connectivity index (χ2n) is 5.88. The van der Waals surface area contributed by atoms with Gasteiger partial charge in [-0.15, -0.1) is 0 Å². The molecule has 0 unspecified atom stereocenters. The zero-order valence-corrected chi connectivity index (χ0v) is 12.9. The first-order valence-electron chi connectivity index (χ1n) is 7.36. The van der Waals surface area contributed by atoms with Crippen molar-refractivity contribution < 1.29 is 9.50 Å². The molecule has 0 fully saturated rings. The van der Waals surface area contributed by atoms with Crippen molar-refractivity contribution in [2.24, 2.45) is 0 Å². The summed E-state index contributed by atoms with van der Waals surface area (Å²) in [4.78, 5) is 4.40. The third-order valence-electron chi connectivity index (χ3n) is 3.97. The lowest BCUT2D eigenvalue weighted by Crippen LogP contribution is -1.97. The number of benzene rings is 2. The molecule has 0 saturated carbocycles. The van der Waals surface area contributed by atoms with Crippen molar-refractivity contribution >= 4 is 10.9 Å². The van der Waals surface area contributed by atoms with Gasteiger partial charge in [0.2, 0.25) is 0 Å². The highest BCUT2D eigenvalue weighted by Gasteiger charge is 2.16. The van der Waals surface area contributed by atoms with E-state index in [2.05, 4.69) is 18.8 Å². The number of hydrogen-bond acceptors (Lipinski definition) is 2. The van der Waals surface area contributed by atoms with Crippen molar-refractivity contribution in [3.63, 3.8) is 0 Å². The molecule has 1 heterocycles. The number of phenolic OH excluding ortho intramolecular Hbond substituents is 1. The molecule has 0 aliphatic rings. The highest BCUT2D eigenvalue weighted by molar-refractivity contribution is 5.98. The molecule has 0 amide bonds. The fourth-order valence-electron chi connectivity index (χ4n) is 2.78. The maximum atomic E-state index is 13.6. The fraction of sp³-hybridized carbons (Fsp3) is 0.211. The lowest BCUT2D eigenvalue weighted by molar-refractivity contribution is 0.480. The third-order valence-corrected chi connectivity index (χ3v) is 3.97. The van der Waals surface area contributed by atoms with Crippen LogP contribution in [0.1, 0.15) is 30.9 Å². The van der Waals surface area contributed by atoms with E-state index in [4.69, 9.17) is 0 Å². The average molecular weight is 295 g/mol. The molecule has 3 aromatic rings. The summed E-state index contributed by atoms with van der Waals surface area (Å²) in [5, 5.41) is 10.9. The van der Waals surface area contributed by atoms with Crippen LogP contribution in [0.4, 0.5) is 4.39 Å². The van der Waals surface area contributed by atoms with E-state index in [-0.39, 0.29) is 17.5 Å². The summed E-state index contributed by atoms with van der Waals surface area (Å²) in [7, 11) is 0. The Labute approximate surface area is 129 Å². The maximum absolute atomic E-state index is 13.6. The Hall–Kier alpha value is -2.42. The standard InChI is InChI=1S/C19H18FNO/c1-11(2)15-10-21-19-14(5-4-6-17(19)22)18(15)13-7-8-16(20)12(3)9-13/h4-11,22H,1-3H3. The lowest BCUT2D eigenvalue weighted by Gasteiger charge is -2.16. The van der Waals surface area contributed by atoms with Gasteiger partial charge in [0.05, 0.1) is 0 Å². The number of aryl methyl sites for hydroxylation is 1. The van der Waals surface area contributed by atoms with Crippen molar-refractivity contribution in [1.29, 1.82) is 0 Å². The van der Waals surface area contributed by atoms with E-state index in [9.17, 15) is 9.50 Å². The largest absolute Gasteiger partial charge is 0.506 e. The van der Waals surface area contributed by atoms with E-state index in [1.165, 1.54) is 6.07 Å². The molecule has 0 bridgehead atoms. The Kier molecular flexibility index (Phi) is 3.57. The van der Waals surface area contributed by atoms with E-state index in [1.54, 1.807) is 25.3 Å². The van der Waals surface area contributed by atoms with Gasteiger partial charge in [-0.1, -0.05) is 32.0 Å². The molecular formula is C19H18FNO. The van der Waals surface area contributed by atoms with Crippen molar-refractivity contribution in [1.82, 2.24) is 4.98 Å². The Morgan fingerprint density at radius 1 is 1.14 bits per heavy atom. The first-order chi connectivity index (χ1) is 10.5. The highest BCUT2D eigenvalue weighted by atomic mass is 19.1. The van der Waals surface area contributed by atoms with Crippen LogP contribution >= 0.6 is 0 Å². The Bertz CT molecular complexity index is 855. The van der Waals surface area contributed by atoms with Crippen molar-refractivity contribution in [2.75, 3.05) is 0 Å². The Morgan fingerprint density at radius 3 is 2.59 bits per heavy atom.